The van der Waals surface area contributed by atoms with E-state index in [9.17, 15) is 4.79 Å². The molecule has 0 unspecified atom stereocenters. The van der Waals surface area contributed by atoms with E-state index in [1.165, 1.54) is 0 Å². The predicted octanol–water partition coefficient (Wildman–Crippen LogP) is 3.41. The summed E-state index contributed by atoms with van der Waals surface area (Å²) in [5.74, 6) is 0. The Kier molecular flexibility index (Phi) is 3.16. The number of hydrogen-bond donors (Lipinski definition) is 0. The van der Waals surface area contributed by atoms with Crippen LogP contribution in [0.1, 0.15) is 10.4 Å². The molecule has 4 heteroatoms. The second-order valence-corrected chi connectivity index (χ2v) is 3.96. The molecule has 0 fully saturated rings. The van der Waals surface area contributed by atoms with Gasteiger partial charge in [0, 0.05) is 3.57 Å². The Hall–Kier alpha value is 0.200. The lowest BCUT2D eigenvalue weighted by atomic mass is 10.2. The number of carbonyl (C=O) groups is 1. The first kappa shape index (κ1) is 9.29. The number of hydrogen-bond acceptors (Lipinski definition) is 1. The summed E-state index contributed by atoms with van der Waals surface area (Å²) in [6.45, 7) is 0. The van der Waals surface area contributed by atoms with Gasteiger partial charge in [-0.1, -0.05) is 23.2 Å². The molecule has 1 nitrogen and oxygen atoms in total. The van der Waals surface area contributed by atoms with E-state index in [4.69, 9.17) is 23.2 Å². The van der Waals surface area contributed by atoms with Gasteiger partial charge in [0.1, 0.15) is 0 Å². The van der Waals surface area contributed by atoms with Crippen LogP contribution in [0.2, 0.25) is 10.0 Å². The first-order chi connectivity index (χ1) is 5.15. The van der Waals surface area contributed by atoms with Gasteiger partial charge in [0.15, 0.2) is 6.29 Å². The Balaban J connectivity index is 3.36. The SMILES string of the molecule is O=Cc1c(Cl)cc(I)cc1Cl. The van der Waals surface area contributed by atoms with Gasteiger partial charge in [0.05, 0.1) is 15.6 Å². The first-order valence-corrected chi connectivity index (χ1v) is 4.58. The molecule has 0 atom stereocenters. The summed E-state index contributed by atoms with van der Waals surface area (Å²) in [5, 5.41) is 0.800. The van der Waals surface area contributed by atoms with E-state index < -0.39 is 0 Å². The topological polar surface area (TPSA) is 17.1 Å². The van der Waals surface area contributed by atoms with E-state index in [0.29, 0.717) is 21.9 Å². The fourth-order valence-corrected chi connectivity index (χ4v) is 2.23. The van der Waals surface area contributed by atoms with Gasteiger partial charge in [-0.2, -0.15) is 0 Å². The summed E-state index contributed by atoms with van der Waals surface area (Å²) in [6, 6.07) is 3.38. The largest absolute Gasteiger partial charge is 0.298 e. The van der Waals surface area contributed by atoms with Crippen molar-refractivity contribution in [1.82, 2.24) is 0 Å². The van der Waals surface area contributed by atoms with Crippen LogP contribution in [0.4, 0.5) is 0 Å². The number of rotatable bonds is 1. The van der Waals surface area contributed by atoms with Gasteiger partial charge in [-0.3, -0.25) is 4.79 Å². The highest BCUT2D eigenvalue weighted by atomic mass is 127. The molecule has 1 aromatic carbocycles. The molecule has 0 heterocycles. The van der Waals surface area contributed by atoms with Gasteiger partial charge in [-0.25, -0.2) is 0 Å². The molecular formula is C7H3Cl2IO. The maximum atomic E-state index is 10.4. The zero-order valence-corrected chi connectivity index (χ0v) is 8.94. The van der Waals surface area contributed by atoms with Crippen LogP contribution >= 0.6 is 45.8 Å². The van der Waals surface area contributed by atoms with Crippen LogP contribution in [0, 0.1) is 3.57 Å². The normalized spacial score (nSPS) is 9.73. The molecule has 0 N–H and O–H groups in total. The minimum atomic E-state index is 0.355. The zero-order chi connectivity index (χ0) is 8.43. The molecule has 0 amide bonds. The summed E-state index contributed by atoms with van der Waals surface area (Å²) in [6.07, 6.45) is 0.654. The monoisotopic (exact) mass is 300 g/mol. The quantitative estimate of drug-likeness (QED) is 0.574. The van der Waals surface area contributed by atoms with Gasteiger partial charge in [0.25, 0.3) is 0 Å². The Morgan fingerprint density at radius 1 is 1.27 bits per heavy atom. The number of halogens is 3. The van der Waals surface area contributed by atoms with Crippen LogP contribution in [0.15, 0.2) is 12.1 Å². The van der Waals surface area contributed by atoms with Crippen molar-refractivity contribution in [2.75, 3.05) is 0 Å². The van der Waals surface area contributed by atoms with Crippen molar-refractivity contribution in [2.24, 2.45) is 0 Å². The van der Waals surface area contributed by atoms with Crippen LogP contribution in [0.3, 0.4) is 0 Å². The van der Waals surface area contributed by atoms with E-state index in [1.54, 1.807) is 12.1 Å². The smallest absolute Gasteiger partial charge is 0.153 e. The number of carbonyl (C=O) groups excluding carboxylic acids is 1. The van der Waals surface area contributed by atoms with E-state index >= 15 is 0 Å². The Morgan fingerprint density at radius 2 is 1.73 bits per heavy atom. The fourth-order valence-electron chi connectivity index (χ4n) is 0.666. The van der Waals surface area contributed by atoms with Crippen molar-refractivity contribution in [3.63, 3.8) is 0 Å². The third kappa shape index (κ3) is 2.07. The second-order valence-electron chi connectivity index (χ2n) is 1.90. The molecule has 58 valence electrons. The number of benzene rings is 1. The zero-order valence-electron chi connectivity index (χ0n) is 5.27. The standard InChI is InChI=1S/C7H3Cl2IO/c8-6-1-4(10)2-7(9)5(6)3-11/h1-3H. The highest BCUT2D eigenvalue weighted by Gasteiger charge is 2.04. The third-order valence-corrected chi connectivity index (χ3v) is 2.41. The van der Waals surface area contributed by atoms with E-state index in [1.807, 2.05) is 0 Å². The molecule has 0 aliphatic carbocycles. The molecule has 0 radical (unpaired) electrons. The third-order valence-electron chi connectivity index (χ3n) is 1.16. The van der Waals surface area contributed by atoms with Gasteiger partial charge < -0.3 is 0 Å². The Bertz CT molecular complexity index is 275. The van der Waals surface area contributed by atoms with Crippen molar-refractivity contribution < 1.29 is 4.79 Å². The van der Waals surface area contributed by atoms with E-state index in [0.717, 1.165) is 3.57 Å². The average Bonchev–Trinajstić information content (AvgIpc) is 1.85. The Labute approximate surface area is 87.8 Å². The highest BCUT2D eigenvalue weighted by molar-refractivity contribution is 14.1. The minimum Gasteiger partial charge on any atom is -0.298 e. The predicted molar refractivity (Wildman–Crippen MR) is 54.6 cm³/mol. The van der Waals surface area contributed by atoms with Crippen LogP contribution in [-0.4, -0.2) is 6.29 Å². The minimum absolute atomic E-state index is 0.355. The van der Waals surface area contributed by atoms with E-state index in [2.05, 4.69) is 22.6 Å². The highest BCUT2D eigenvalue weighted by Crippen LogP contribution is 2.25. The van der Waals surface area contributed by atoms with Crippen molar-refractivity contribution in [2.45, 2.75) is 0 Å². The molecule has 0 spiro atoms. The van der Waals surface area contributed by atoms with Crippen molar-refractivity contribution >= 4 is 52.1 Å². The van der Waals surface area contributed by atoms with Crippen LogP contribution in [0.25, 0.3) is 0 Å². The van der Waals surface area contributed by atoms with Crippen LogP contribution in [-0.2, 0) is 0 Å². The number of aldehydes is 1. The van der Waals surface area contributed by atoms with Gasteiger partial charge in [-0.05, 0) is 34.7 Å². The summed E-state index contributed by atoms with van der Waals surface area (Å²) in [4.78, 5) is 10.4. The lowest BCUT2D eigenvalue weighted by Gasteiger charge is -1.99. The summed E-state index contributed by atoms with van der Waals surface area (Å²) in [7, 11) is 0. The summed E-state index contributed by atoms with van der Waals surface area (Å²) < 4.78 is 0.920. The summed E-state index contributed by atoms with van der Waals surface area (Å²) >= 11 is 13.5. The first-order valence-electron chi connectivity index (χ1n) is 2.75. The maximum Gasteiger partial charge on any atom is 0.153 e. The molecule has 0 bridgehead atoms. The summed E-state index contributed by atoms with van der Waals surface area (Å²) in [5.41, 5.74) is 0.355. The van der Waals surface area contributed by atoms with Crippen molar-refractivity contribution in [3.05, 3.63) is 31.3 Å². The van der Waals surface area contributed by atoms with E-state index in [-0.39, 0.29) is 0 Å². The Morgan fingerprint density at radius 3 is 2.09 bits per heavy atom. The van der Waals surface area contributed by atoms with Gasteiger partial charge >= 0.3 is 0 Å². The molecule has 1 aromatic rings. The second kappa shape index (κ2) is 3.74. The van der Waals surface area contributed by atoms with Crippen LogP contribution in [0.5, 0.6) is 0 Å². The van der Waals surface area contributed by atoms with Gasteiger partial charge in [0.2, 0.25) is 0 Å². The van der Waals surface area contributed by atoms with Gasteiger partial charge in [-0.15, -0.1) is 0 Å². The lowest BCUT2D eigenvalue weighted by Crippen LogP contribution is -1.84. The molecule has 1 rings (SSSR count). The molecule has 11 heavy (non-hydrogen) atoms. The average molecular weight is 301 g/mol. The molecule has 0 saturated heterocycles. The molecular weight excluding hydrogens is 298 g/mol. The molecule has 0 aliphatic rings. The van der Waals surface area contributed by atoms with Crippen molar-refractivity contribution in [1.29, 1.82) is 0 Å². The fraction of sp³-hybridized carbons (Fsp3) is 0. The molecule has 0 aromatic heterocycles. The molecule has 0 aliphatic heterocycles. The lowest BCUT2D eigenvalue weighted by molar-refractivity contribution is 0.112. The van der Waals surface area contributed by atoms with Crippen molar-refractivity contribution in [3.8, 4) is 0 Å². The van der Waals surface area contributed by atoms with Crippen LogP contribution < -0.4 is 0 Å². The maximum absolute atomic E-state index is 10.4. The molecule has 0 saturated carbocycles.